The SMILES string of the molecule is FC(F)(F)c1ccc([C@H]2COC(c3ncn4c3Cc3cnnn3-c3cc(Cl)ccc3-4)=N2)cc1. The maximum Gasteiger partial charge on any atom is 0.416 e. The van der Waals surface area contributed by atoms with E-state index in [0.717, 1.165) is 34.9 Å². The Morgan fingerprint density at radius 1 is 1.06 bits per heavy atom. The number of benzene rings is 2. The zero-order chi connectivity index (χ0) is 22.7. The van der Waals surface area contributed by atoms with Crippen LogP contribution in [0.1, 0.15) is 34.3 Å². The lowest BCUT2D eigenvalue weighted by Gasteiger charge is -2.10. The van der Waals surface area contributed by atoms with Crippen LogP contribution >= 0.6 is 11.6 Å². The number of imidazole rings is 1. The van der Waals surface area contributed by atoms with Crippen molar-refractivity contribution in [3.63, 3.8) is 0 Å². The van der Waals surface area contributed by atoms with Gasteiger partial charge in [-0.1, -0.05) is 28.9 Å². The van der Waals surface area contributed by atoms with Crippen LogP contribution < -0.4 is 0 Å². The highest BCUT2D eigenvalue weighted by molar-refractivity contribution is 6.30. The van der Waals surface area contributed by atoms with Crippen molar-refractivity contribution in [3.05, 3.63) is 88.2 Å². The van der Waals surface area contributed by atoms with Gasteiger partial charge in [0.05, 0.1) is 34.5 Å². The summed E-state index contributed by atoms with van der Waals surface area (Å²) in [5, 5.41) is 8.80. The zero-order valence-electron chi connectivity index (χ0n) is 16.8. The van der Waals surface area contributed by atoms with E-state index in [1.54, 1.807) is 23.3 Å². The minimum atomic E-state index is -4.38. The van der Waals surface area contributed by atoms with E-state index in [1.807, 2.05) is 16.7 Å². The Balaban J connectivity index is 1.39. The summed E-state index contributed by atoms with van der Waals surface area (Å²) in [6.07, 6.45) is -0.537. The Morgan fingerprint density at radius 2 is 1.88 bits per heavy atom. The van der Waals surface area contributed by atoms with Crippen molar-refractivity contribution in [2.45, 2.75) is 18.6 Å². The van der Waals surface area contributed by atoms with Gasteiger partial charge in [-0.05, 0) is 35.9 Å². The molecule has 0 fully saturated rings. The first-order valence-electron chi connectivity index (χ1n) is 10.0. The molecular formula is C22H14ClF3N6O. The quantitative estimate of drug-likeness (QED) is 0.379. The van der Waals surface area contributed by atoms with E-state index in [1.165, 1.54) is 12.1 Å². The Bertz CT molecular complexity index is 1410. The van der Waals surface area contributed by atoms with Crippen molar-refractivity contribution in [2.24, 2.45) is 4.99 Å². The van der Waals surface area contributed by atoms with Gasteiger partial charge in [0.2, 0.25) is 5.90 Å². The highest BCUT2D eigenvalue weighted by atomic mass is 35.5. The minimum absolute atomic E-state index is 0.221. The molecule has 0 unspecified atom stereocenters. The molecule has 1 atom stereocenters. The van der Waals surface area contributed by atoms with Crippen LogP contribution in [0, 0.1) is 0 Å². The smallest absolute Gasteiger partial charge is 0.416 e. The van der Waals surface area contributed by atoms with E-state index in [-0.39, 0.29) is 6.61 Å². The molecule has 0 bridgehead atoms. The summed E-state index contributed by atoms with van der Waals surface area (Å²) in [6, 6.07) is 10.0. The number of alkyl halides is 3. The highest BCUT2D eigenvalue weighted by Gasteiger charge is 2.32. The van der Waals surface area contributed by atoms with Crippen molar-refractivity contribution >= 4 is 17.5 Å². The average Bonchev–Trinajstić information content (AvgIpc) is 3.52. The van der Waals surface area contributed by atoms with Crippen LogP contribution in [-0.2, 0) is 17.3 Å². The van der Waals surface area contributed by atoms with Gasteiger partial charge in [-0.3, -0.25) is 4.57 Å². The number of fused-ring (bicyclic) bond motifs is 5. The van der Waals surface area contributed by atoms with Crippen LogP contribution in [0.5, 0.6) is 0 Å². The second-order valence-corrected chi connectivity index (χ2v) is 8.17. The summed E-state index contributed by atoms with van der Waals surface area (Å²) in [5.74, 6) is 0.352. The van der Waals surface area contributed by atoms with Gasteiger partial charge in [-0.25, -0.2) is 14.7 Å². The Morgan fingerprint density at radius 3 is 2.67 bits per heavy atom. The lowest BCUT2D eigenvalue weighted by Crippen LogP contribution is -2.08. The first-order valence-corrected chi connectivity index (χ1v) is 10.4. The molecule has 0 saturated carbocycles. The summed E-state index contributed by atoms with van der Waals surface area (Å²) < 4.78 is 48.1. The van der Waals surface area contributed by atoms with Gasteiger partial charge in [0.1, 0.15) is 24.7 Å². The van der Waals surface area contributed by atoms with Crippen molar-refractivity contribution < 1.29 is 17.9 Å². The van der Waals surface area contributed by atoms with E-state index in [9.17, 15) is 13.2 Å². The third-order valence-electron chi connectivity index (χ3n) is 5.74. The monoisotopic (exact) mass is 470 g/mol. The standard InChI is InChI=1S/C22H14ClF3N6O/c23-14-5-6-17-18(7-14)32-15(9-28-30-32)8-19-20(27-11-31(17)19)21-29-16(10-33-21)12-1-3-13(4-2-12)22(24,25)26/h1-7,9,11,16H,8,10H2/t16-/m1/s1. The average molecular weight is 471 g/mol. The Kier molecular flexibility index (Phi) is 4.34. The number of aromatic nitrogens is 5. The molecule has 0 N–H and O–H groups in total. The zero-order valence-corrected chi connectivity index (χ0v) is 17.5. The fourth-order valence-electron chi connectivity index (χ4n) is 4.12. The number of rotatable bonds is 2. The molecule has 33 heavy (non-hydrogen) atoms. The molecule has 0 spiro atoms. The first-order chi connectivity index (χ1) is 15.9. The van der Waals surface area contributed by atoms with Gasteiger partial charge < -0.3 is 4.74 Å². The number of nitrogens with zero attached hydrogens (tertiary/aromatic N) is 6. The molecule has 2 aliphatic heterocycles. The number of hydrogen-bond donors (Lipinski definition) is 0. The maximum absolute atomic E-state index is 12.9. The molecule has 4 heterocycles. The van der Waals surface area contributed by atoms with Crippen LogP contribution in [0.2, 0.25) is 5.02 Å². The highest BCUT2D eigenvalue weighted by Crippen LogP contribution is 2.34. The van der Waals surface area contributed by atoms with Crippen LogP contribution in [0.3, 0.4) is 0 Å². The Hall–Kier alpha value is -3.66. The number of halogens is 4. The summed E-state index contributed by atoms with van der Waals surface area (Å²) in [5.41, 5.74) is 3.80. The largest absolute Gasteiger partial charge is 0.474 e. The fourth-order valence-corrected chi connectivity index (χ4v) is 4.28. The van der Waals surface area contributed by atoms with Gasteiger partial charge in [0.25, 0.3) is 0 Å². The van der Waals surface area contributed by atoms with Crippen molar-refractivity contribution in [1.29, 1.82) is 0 Å². The lowest BCUT2D eigenvalue weighted by molar-refractivity contribution is -0.137. The summed E-state index contributed by atoms with van der Waals surface area (Å²) >= 11 is 6.22. The Labute approximate surface area is 190 Å². The molecule has 4 aromatic rings. The van der Waals surface area contributed by atoms with E-state index in [2.05, 4.69) is 20.3 Å². The van der Waals surface area contributed by atoms with Crippen LogP contribution in [0.4, 0.5) is 13.2 Å². The molecule has 2 aliphatic rings. The summed E-state index contributed by atoms with van der Waals surface area (Å²) in [6.45, 7) is 0.221. The van der Waals surface area contributed by atoms with Gasteiger partial charge in [0, 0.05) is 11.4 Å². The van der Waals surface area contributed by atoms with E-state index < -0.39 is 17.8 Å². The van der Waals surface area contributed by atoms with Crippen molar-refractivity contribution in [1.82, 2.24) is 24.5 Å². The number of hydrogen-bond acceptors (Lipinski definition) is 5. The van der Waals surface area contributed by atoms with Gasteiger partial charge in [0.15, 0.2) is 0 Å². The first kappa shape index (κ1) is 20.0. The van der Waals surface area contributed by atoms with Crippen LogP contribution in [0.25, 0.3) is 11.4 Å². The molecule has 0 radical (unpaired) electrons. The molecule has 6 rings (SSSR count). The van der Waals surface area contributed by atoms with Crippen LogP contribution in [-0.4, -0.2) is 37.0 Å². The topological polar surface area (TPSA) is 70.1 Å². The third-order valence-corrected chi connectivity index (χ3v) is 5.97. The predicted octanol–water partition coefficient (Wildman–Crippen LogP) is 4.55. The molecule has 2 aromatic heterocycles. The molecule has 0 amide bonds. The third kappa shape index (κ3) is 3.29. The summed E-state index contributed by atoms with van der Waals surface area (Å²) in [7, 11) is 0. The van der Waals surface area contributed by atoms with Gasteiger partial charge in [-0.15, -0.1) is 5.10 Å². The molecule has 166 valence electrons. The fraction of sp³-hybridized carbons (Fsp3) is 0.182. The summed E-state index contributed by atoms with van der Waals surface area (Å²) in [4.78, 5) is 9.17. The van der Waals surface area contributed by atoms with Gasteiger partial charge in [-0.2, -0.15) is 13.2 Å². The molecule has 0 aliphatic carbocycles. The van der Waals surface area contributed by atoms with E-state index >= 15 is 0 Å². The van der Waals surface area contributed by atoms with E-state index in [0.29, 0.717) is 28.6 Å². The van der Waals surface area contributed by atoms with Crippen molar-refractivity contribution in [3.8, 4) is 11.4 Å². The second-order valence-electron chi connectivity index (χ2n) is 7.74. The lowest BCUT2D eigenvalue weighted by atomic mass is 10.1. The minimum Gasteiger partial charge on any atom is -0.474 e. The predicted molar refractivity (Wildman–Crippen MR) is 113 cm³/mol. The number of ether oxygens (including phenoxy) is 1. The molecule has 2 aromatic carbocycles. The molecule has 0 saturated heterocycles. The van der Waals surface area contributed by atoms with Crippen LogP contribution in [0.15, 0.2) is 60.0 Å². The normalized spacial score (nSPS) is 17.0. The maximum atomic E-state index is 12.9. The van der Waals surface area contributed by atoms with Crippen molar-refractivity contribution in [2.75, 3.05) is 6.61 Å². The second kappa shape index (κ2) is 7.17. The van der Waals surface area contributed by atoms with Gasteiger partial charge >= 0.3 is 6.18 Å². The van der Waals surface area contributed by atoms with E-state index in [4.69, 9.17) is 16.3 Å². The molecule has 11 heteroatoms. The molecule has 7 nitrogen and oxygen atoms in total. The number of aliphatic imine (C=N–C) groups is 1. The molecular weight excluding hydrogens is 457 g/mol.